The Labute approximate surface area is 197 Å². The van der Waals surface area contributed by atoms with Crippen molar-refractivity contribution in [3.05, 3.63) is 72.3 Å². The van der Waals surface area contributed by atoms with Gasteiger partial charge in [-0.2, -0.15) is 23.4 Å². The molecule has 0 radical (unpaired) electrons. The predicted octanol–water partition coefficient (Wildman–Crippen LogP) is 4.10. The minimum Gasteiger partial charge on any atom is -0.462 e. The van der Waals surface area contributed by atoms with Crippen molar-refractivity contribution in [1.29, 1.82) is 5.26 Å². The third-order valence-electron chi connectivity index (χ3n) is 4.86. The van der Waals surface area contributed by atoms with Crippen LogP contribution in [0.2, 0.25) is 0 Å². The van der Waals surface area contributed by atoms with E-state index in [1.807, 2.05) is 6.07 Å². The van der Waals surface area contributed by atoms with Crippen LogP contribution in [0.25, 0.3) is 11.1 Å². The van der Waals surface area contributed by atoms with E-state index in [0.717, 1.165) is 11.1 Å². The number of hydrogen-bond acceptors (Lipinski definition) is 9. The Kier molecular flexibility index (Phi) is 6.61. The molecule has 1 unspecified atom stereocenters. The van der Waals surface area contributed by atoms with E-state index in [-0.39, 0.29) is 23.9 Å². The van der Waals surface area contributed by atoms with Gasteiger partial charge in [0.25, 0.3) is 0 Å². The zero-order chi connectivity index (χ0) is 25.0. The van der Waals surface area contributed by atoms with Crippen LogP contribution in [0.5, 0.6) is 0 Å². The van der Waals surface area contributed by atoms with Gasteiger partial charge < -0.3 is 10.1 Å². The summed E-state index contributed by atoms with van der Waals surface area (Å²) in [6.45, 7) is 1.84. The highest BCUT2D eigenvalue weighted by Crippen LogP contribution is 2.33. The molecule has 1 atom stereocenters. The number of aromatic nitrogens is 3. The molecule has 2 N–H and O–H groups in total. The molecule has 0 aliphatic carbocycles. The molecule has 1 aromatic carbocycles. The number of alkyl halides is 3. The van der Waals surface area contributed by atoms with Crippen molar-refractivity contribution in [2.75, 3.05) is 16.9 Å². The number of anilines is 3. The summed E-state index contributed by atoms with van der Waals surface area (Å²) in [5.41, 5.74) is 4.16. The molecule has 35 heavy (non-hydrogen) atoms. The van der Waals surface area contributed by atoms with Gasteiger partial charge in [0.15, 0.2) is 5.82 Å². The summed E-state index contributed by atoms with van der Waals surface area (Å²) in [6, 6.07) is 8.18. The summed E-state index contributed by atoms with van der Waals surface area (Å²) in [4.78, 5) is 24.9. The lowest BCUT2D eigenvalue weighted by Crippen LogP contribution is -2.44. The van der Waals surface area contributed by atoms with E-state index in [9.17, 15) is 18.0 Å². The fraction of sp³-hybridized carbons (Fsp3) is 0.174. The summed E-state index contributed by atoms with van der Waals surface area (Å²) in [5.74, 6) is -0.417. The Hall–Kier alpha value is -4.50. The molecule has 0 spiro atoms. The highest BCUT2D eigenvalue weighted by Gasteiger charge is 2.41. The first-order valence-electron chi connectivity index (χ1n) is 10.4. The number of nitrogens with one attached hydrogen (secondary N) is 2. The second-order valence-electron chi connectivity index (χ2n) is 7.29. The number of nitrogens with zero attached hydrogens (tertiary/aromatic N) is 5. The number of rotatable bonds is 6. The Bertz CT molecular complexity index is 1320. The van der Waals surface area contributed by atoms with Gasteiger partial charge in [-0.15, -0.1) is 0 Å². The van der Waals surface area contributed by atoms with Crippen LogP contribution in [0.3, 0.4) is 0 Å². The molecule has 3 aromatic rings. The molecule has 0 saturated heterocycles. The van der Waals surface area contributed by atoms with Crippen LogP contribution in [-0.2, 0) is 4.74 Å². The third kappa shape index (κ3) is 5.36. The van der Waals surface area contributed by atoms with E-state index in [0.29, 0.717) is 22.4 Å². The number of halogens is 3. The molecule has 1 aliphatic heterocycles. The van der Waals surface area contributed by atoms with Gasteiger partial charge in [-0.05, 0) is 37.3 Å². The first kappa shape index (κ1) is 23.7. The van der Waals surface area contributed by atoms with Crippen molar-refractivity contribution in [3.8, 4) is 17.2 Å². The third-order valence-corrected chi connectivity index (χ3v) is 4.86. The Morgan fingerprint density at radius 1 is 1.29 bits per heavy atom. The minimum atomic E-state index is -4.51. The molecule has 2 aromatic heterocycles. The fourth-order valence-electron chi connectivity index (χ4n) is 3.25. The fourth-order valence-corrected chi connectivity index (χ4v) is 3.25. The molecule has 0 fully saturated rings. The Balaban J connectivity index is 1.74. The Morgan fingerprint density at radius 2 is 2.11 bits per heavy atom. The maximum Gasteiger partial charge on any atom is 0.409 e. The van der Waals surface area contributed by atoms with Gasteiger partial charge in [-0.3, -0.25) is 9.99 Å². The summed E-state index contributed by atoms with van der Waals surface area (Å²) >= 11 is 0. The molecular weight excluding hydrogens is 463 g/mol. The summed E-state index contributed by atoms with van der Waals surface area (Å²) in [6.07, 6.45) is 1.84. The molecule has 0 amide bonds. The highest BCUT2D eigenvalue weighted by molar-refractivity contribution is 5.91. The predicted molar refractivity (Wildman–Crippen MR) is 120 cm³/mol. The summed E-state index contributed by atoms with van der Waals surface area (Å²) in [7, 11) is 0. The standard InChI is InChI=1S/C23H18F3N7O2/c1-2-35-21(34)16-9-15(11-28-12-16)18-13-29-22(30-17-5-3-4-14(8-17)10-27)31-20(18)33-7-6-19(32-33)23(24,25)26/h3-9,11-13,19,32H,2H2,1H3,(H,29,30,31). The first-order valence-corrected chi connectivity index (χ1v) is 10.4. The first-order chi connectivity index (χ1) is 16.8. The lowest BCUT2D eigenvalue weighted by atomic mass is 10.1. The number of hydrogen-bond donors (Lipinski definition) is 2. The van der Waals surface area contributed by atoms with Gasteiger partial charge in [-0.1, -0.05) is 6.07 Å². The number of carbonyl (C=O) groups is 1. The van der Waals surface area contributed by atoms with Gasteiger partial charge >= 0.3 is 12.1 Å². The summed E-state index contributed by atoms with van der Waals surface area (Å²) < 4.78 is 44.8. The zero-order valence-electron chi connectivity index (χ0n) is 18.2. The number of ether oxygens (including phenoxy) is 1. The molecule has 9 nitrogen and oxygen atoms in total. The van der Waals surface area contributed by atoms with Crippen molar-refractivity contribution in [3.63, 3.8) is 0 Å². The van der Waals surface area contributed by atoms with Crippen molar-refractivity contribution < 1.29 is 22.7 Å². The van der Waals surface area contributed by atoms with Crippen molar-refractivity contribution in [2.24, 2.45) is 0 Å². The van der Waals surface area contributed by atoms with Crippen molar-refractivity contribution in [2.45, 2.75) is 19.1 Å². The van der Waals surface area contributed by atoms with Gasteiger partial charge in [0.1, 0.15) is 6.04 Å². The topological polar surface area (TPSA) is 116 Å². The maximum absolute atomic E-state index is 13.3. The van der Waals surface area contributed by atoms with Crippen LogP contribution in [0.1, 0.15) is 22.8 Å². The van der Waals surface area contributed by atoms with Crippen LogP contribution in [0.15, 0.2) is 61.2 Å². The average molecular weight is 481 g/mol. The van der Waals surface area contributed by atoms with Crippen molar-refractivity contribution >= 4 is 23.4 Å². The number of nitriles is 1. The number of hydrazine groups is 1. The Morgan fingerprint density at radius 3 is 2.83 bits per heavy atom. The van der Waals surface area contributed by atoms with Crippen LogP contribution in [0, 0.1) is 11.3 Å². The molecule has 0 bridgehead atoms. The van der Waals surface area contributed by atoms with Gasteiger partial charge in [0.2, 0.25) is 5.95 Å². The van der Waals surface area contributed by atoms with E-state index >= 15 is 0 Å². The number of pyridine rings is 1. The summed E-state index contributed by atoms with van der Waals surface area (Å²) in [5, 5.41) is 13.2. The normalized spacial score (nSPS) is 15.1. The minimum absolute atomic E-state index is 0.0824. The van der Waals surface area contributed by atoms with Gasteiger partial charge in [0, 0.05) is 41.6 Å². The molecule has 178 valence electrons. The molecule has 12 heteroatoms. The van der Waals surface area contributed by atoms with Gasteiger partial charge in [-0.25, -0.2) is 15.2 Å². The van der Waals surface area contributed by atoms with Crippen LogP contribution in [0.4, 0.5) is 30.6 Å². The van der Waals surface area contributed by atoms with Crippen molar-refractivity contribution in [1.82, 2.24) is 20.4 Å². The van der Waals surface area contributed by atoms with E-state index in [4.69, 9.17) is 10.00 Å². The zero-order valence-corrected chi connectivity index (χ0v) is 18.2. The van der Waals surface area contributed by atoms with E-state index in [2.05, 4.69) is 25.7 Å². The number of benzene rings is 1. The SMILES string of the molecule is CCOC(=O)c1cncc(-c2cnc(Nc3cccc(C#N)c3)nc2N2C=CC(C(F)(F)F)N2)c1. The quantitative estimate of drug-likeness (QED) is 0.502. The molecule has 0 saturated carbocycles. The lowest BCUT2D eigenvalue weighted by molar-refractivity contribution is -0.142. The lowest BCUT2D eigenvalue weighted by Gasteiger charge is -2.23. The molecule has 4 rings (SSSR count). The van der Waals surface area contributed by atoms with Gasteiger partial charge in [0.05, 0.1) is 23.8 Å². The second-order valence-corrected chi connectivity index (χ2v) is 7.29. The largest absolute Gasteiger partial charge is 0.462 e. The number of carbonyl (C=O) groups excluding carboxylic acids is 1. The van der Waals surface area contributed by atoms with Crippen LogP contribution in [-0.4, -0.2) is 39.7 Å². The second kappa shape index (κ2) is 9.78. The monoisotopic (exact) mass is 481 g/mol. The van der Waals surface area contributed by atoms with Crippen LogP contribution < -0.4 is 15.8 Å². The smallest absolute Gasteiger partial charge is 0.409 e. The van der Waals surface area contributed by atoms with E-state index in [1.54, 1.807) is 31.2 Å². The van der Waals surface area contributed by atoms with Crippen LogP contribution >= 0.6 is 0 Å². The maximum atomic E-state index is 13.3. The highest BCUT2D eigenvalue weighted by atomic mass is 19.4. The molecule has 3 heterocycles. The number of esters is 1. The average Bonchev–Trinajstić information content (AvgIpc) is 3.35. The van der Waals surface area contributed by atoms with E-state index in [1.165, 1.54) is 30.9 Å². The van der Waals surface area contributed by atoms with E-state index < -0.39 is 18.2 Å². The molecular formula is C23H18F3N7O2. The molecule has 1 aliphatic rings.